The monoisotopic (exact) mass is 567 g/mol. The number of nitrogens with zero attached hydrogens (tertiary/aromatic N) is 4. The van der Waals surface area contributed by atoms with E-state index in [2.05, 4.69) is 20.4 Å². The molecule has 2 N–H and O–H groups in total. The lowest BCUT2D eigenvalue weighted by molar-refractivity contribution is -0.137. The lowest BCUT2D eigenvalue weighted by Gasteiger charge is -2.27. The number of rotatable bonds is 10. The zero-order valence-electron chi connectivity index (χ0n) is 21.8. The number of benzene rings is 1. The highest BCUT2D eigenvalue weighted by Crippen LogP contribution is 2.36. The standard InChI is InChI=1S/C26H32F3N5O4S/c1-17-12-21(39(36,37)11-3-10-38-20-6-4-18(16-35)5-7-20)8-9-23(17)32-25-30-14-22(26(27,28)29)24(33-25)19-13-31-34(2)15-19/h8-9,12-15,18,20,35H,3-7,10-11,16H2,1-2H3,(H,30,32,33). The molecule has 0 atom stereocenters. The van der Waals surface area contributed by atoms with Crippen LogP contribution in [0.4, 0.5) is 24.8 Å². The van der Waals surface area contributed by atoms with E-state index in [9.17, 15) is 26.7 Å². The third-order valence-corrected chi connectivity index (χ3v) is 8.64. The zero-order chi connectivity index (χ0) is 28.2. The summed E-state index contributed by atoms with van der Waals surface area (Å²) in [4.78, 5) is 8.07. The molecule has 1 saturated carbocycles. The summed E-state index contributed by atoms with van der Waals surface area (Å²) in [6.45, 7) is 2.23. The van der Waals surface area contributed by atoms with Crippen molar-refractivity contribution in [3.8, 4) is 11.3 Å². The molecule has 2 aromatic heterocycles. The molecule has 0 spiro atoms. The number of ether oxygens (including phenoxy) is 1. The second-order valence-corrected chi connectivity index (χ2v) is 11.9. The second kappa shape index (κ2) is 12.0. The molecule has 4 rings (SSSR count). The van der Waals surface area contributed by atoms with Gasteiger partial charge < -0.3 is 15.2 Å². The van der Waals surface area contributed by atoms with Crippen LogP contribution in [0.15, 0.2) is 41.7 Å². The maximum Gasteiger partial charge on any atom is 0.419 e. The molecule has 0 unspecified atom stereocenters. The Labute approximate surface area is 225 Å². The molecular formula is C26H32F3N5O4S. The Kier molecular flexibility index (Phi) is 8.92. The fourth-order valence-electron chi connectivity index (χ4n) is 4.60. The van der Waals surface area contributed by atoms with Gasteiger partial charge in [-0.25, -0.2) is 18.4 Å². The first-order valence-corrected chi connectivity index (χ1v) is 14.4. The number of hydrogen-bond acceptors (Lipinski definition) is 8. The van der Waals surface area contributed by atoms with E-state index in [0.29, 0.717) is 36.4 Å². The molecule has 1 aliphatic carbocycles. The van der Waals surface area contributed by atoms with E-state index in [1.807, 2.05) is 0 Å². The quantitative estimate of drug-likeness (QED) is 0.339. The van der Waals surface area contributed by atoms with E-state index in [-0.39, 0.29) is 40.6 Å². The smallest absolute Gasteiger partial charge is 0.396 e. The van der Waals surface area contributed by atoms with Gasteiger partial charge in [0.25, 0.3) is 0 Å². The molecule has 0 amide bonds. The fourth-order valence-corrected chi connectivity index (χ4v) is 5.97. The lowest BCUT2D eigenvalue weighted by atomic mass is 9.88. The van der Waals surface area contributed by atoms with Gasteiger partial charge >= 0.3 is 6.18 Å². The van der Waals surface area contributed by atoms with Crippen molar-refractivity contribution in [3.63, 3.8) is 0 Å². The third-order valence-electron chi connectivity index (χ3n) is 6.84. The second-order valence-electron chi connectivity index (χ2n) is 9.83. The number of nitrogens with one attached hydrogen (secondary N) is 1. The number of aromatic nitrogens is 4. The SMILES string of the molecule is Cc1cc(S(=O)(=O)CCCOC2CCC(CO)CC2)ccc1Nc1ncc(C(F)(F)F)c(-c2cnn(C)c2)n1. The number of sulfone groups is 1. The molecule has 212 valence electrons. The fraction of sp³-hybridized carbons (Fsp3) is 0.500. The summed E-state index contributed by atoms with van der Waals surface area (Å²) < 4.78 is 73.6. The number of aliphatic hydroxyl groups excluding tert-OH is 1. The Morgan fingerprint density at radius 3 is 2.54 bits per heavy atom. The summed E-state index contributed by atoms with van der Waals surface area (Å²) in [7, 11) is -1.97. The van der Waals surface area contributed by atoms with Gasteiger partial charge in [0.05, 0.1) is 28.6 Å². The minimum absolute atomic E-state index is 0.0641. The van der Waals surface area contributed by atoms with Gasteiger partial charge in [-0.3, -0.25) is 4.68 Å². The van der Waals surface area contributed by atoms with Gasteiger partial charge in [0.2, 0.25) is 5.95 Å². The Morgan fingerprint density at radius 1 is 1.18 bits per heavy atom. The summed E-state index contributed by atoms with van der Waals surface area (Å²) in [5.74, 6) is 0.201. The van der Waals surface area contributed by atoms with E-state index < -0.39 is 21.6 Å². The molecule has 1 fully saturated rings. The van der Waals surface area contributed by atoms with Crippen LogP contribution in [0.3, 0.4) is 0 Å². The molecule has 0 radical (unpaired) electrons. The minimum Gasteiger partial charge on any atom is -0.396 e. The van der Waals surface area contributed by atoms with Crippen LogP contribution in [-0.4, -0.2) is 58.3 Å². The highest BCUT2D eigenvalue weighted by atomic mass is 32.2. The van der Waals surface area contributed by atoms with Crippen LogP contribution in [0.25, 0.3) is 11.3 Å². The summed E-state index contributed by atoms with van der Waals surface area (Å²) in [5, 5.41) is 16.1. The van der Waals surface area contributed by atoms with Gasteiger partial charge in [-0.15, -0.1) is 0 Å². The molecule has 3 aromatic rings. The van der Waals surface area contributed by atoms with Gasteiger partial charge in [-0.2, -0.15) is 18.3 Å². The van der Waals surface area contributed by atoms with Crippen LogP contribution in [0, 0.1) is 12.8 Å². The number of alkyl halides is 3. The van der Waals surface area contributed by atoms with Crippen LogP contribution < -0.4 is 5.32 Å². The van der Waals surface area contributed by atoms with Crippen molar-refractivity contribution in [2.45, 2.75) is 56.2 Å². The predicted octanol–water partition coefficient (Wildman–Crippen LogP) is 4.68. The van der Waals surface area contributed by atoms with Crippen molar-refractivity contribution in [1.29, 1.82) is 0 Å². The first kappa shape index (κ1) is 29.0. The molecule has 1 aliphatic rings. The molecule has 2 heterocycles. The average Bonchev–Trinajstić information content (AvgIpc) is 3.33. The lowest BCUT2D eigenvalue weighted by Crippen LogP contribution is -2.24. The van der Waals surface area contributed by atoms with Gasteiger partial charge in [-0.1, -0.05) is 0 Å². The van der Waals surface area contributed by atoms with E-state index in [0.717, 1.165) is 25.7 Å². The first-order valence-electron chi connectivity index (χ1n) is 12.7. The maximum atomic E-state index is 13.6. The van der Waals surface area contributed by atoms with Gasteiger partial charge in [0.15, 0.2) is 9.84 Å². The van der Waals surface area contributed by atoms with Crippen molar-refractivity contribution < 1.29 is 31.4 Å². The van der Waals surface area contributed by atoms with E-state index >= 15 is 0 Å². The van der Waals surface area contributed by atoms with Crippen LogP contribution >= 0.6 is 0 Å². The summed E-state index contributed by atoms with van der Waals surface area (Å²) >= 11 is 0. The van der Waals surface area contributed by atoms with Crippen LogP contribution in [-0.2, 0) is 27.8 Å². The zero-order valence-corrected chi connectivity index (χ0v) is 22.6. The Bertz CT molecular complexity index is 1390. The van der Waals surface area contributed by atoms with E-state index in [1.165, 1.54) is 29.2 Å². The Balaban J connectivity index is 1.40. The van der Waals surface area contributed by atoms with Crippen LogP contribution in [0.1, 0.15) is 43.2 Å². The summed E-state index contributed by atoms with van der Waals surface area (Å²) in [6.07, 6.45) is 2.83. The largest absolute Gasteiger partial charge is 0.419 e. The number of aryl methyl sites for hydroxylation is 2. The molecule has 1 aromatic carbocycles. The third kappa shape index (κ3) is 7.34. The van der Waals surface area contributed by atoms with E-state index in [1.54, 1.807) is 20.0 Å². The van der Waals surface area contributed by atoms with Gasteiger partial charge in [-0.05, 0) is 68.7 Å². The molecule has 13 heteroatoms. The maximum absolute atomic E-state index is 13.6. The van der Waals surface area contributed by atoms with Crippen LogP contribution in [0.5, 0.6) is 0 Å². The predicted molar refractivity (Wildman–Crippen MR) is 139 cm³/mol. The van der Waals surface area contributed by atoms with E-state index in [4.69, 9.17) is 4.74 Å². The number of halogens is 3. The van der Waals surface area contributed by atoms with Gasteiger partial charge in [0.1, 0.15) is 5.56 Å². The highest BCUT2D eigenvalue weighted by molar-refractivity contribution is 7.91. The minimum atomic E-state index is -4.65. The number of aliphatic hydroxyl groups is 1. The molecular weight excluding hydrogens is 535 g/mol. The Hall–Kier alpha value is -3.03. The summed E-state index contributed by atoms with van der Waals surface area (Å²) in [5.41, 5.74) is -0.0723. The summed E-state index contributed by atoms with van der Waals surface area (Å²) in [6, 6.07) is 4.51. The molecule has 0 bridgehead atoms. The topological polar surface area (TPSA) is 119 Å². The first-order chi connectivity index (χ1) is 18.5. The van der Waals surface area contributed by atoms with Crippen molar-refractivity contribution in [2.75, 3.05) is 24.3 Å². The van der Waals surface area contributed by atoms with Crippen molar-refractivity contribution in [3.05, 3.63) is 47.9 Å². The molecule has 0 aliphatic heterocycles. The van der Waals surface area contributed by atoms with Crippen LogP contribution in [0.2, 0.25) is 0 Å². The van der Waals surface area contributed by atoms with Crippen molar-refractivity contribution in [1.82, 2.24) is 19.7 Å². The molecule has 39 heavy (non-hydrogen) atoms. The highest BCUT2D eigenvalue weighted by Gasteiger charge is 2.36. The Morgan fingerprint density at radius 2 is 1.92 bits per heavy atom. The van der Waals surface area contributed by atoms with Gasteiger partial charge in [0, 0.05) is 43.9 Å². The van der Waals surface area contributed by atoms with Crippen molar-refractivity contribution in [2.24, 2.45) is 13.0 Å². The average molecular weight is 568 g/mol. The van der Waals surface area contributed by atoms with Crippen molar-refractivity contribution >= 4 is 21.5 Å². The molecule has 9 nitrogen and oxygen atoms in total. The molecule has 0 saturated heterocycles. The number of anilines is 2. The normalized spacial score (nSPS) is 18.3. The number of hydrogen-bond donors (Lipinski definition) is 2.